The van der Waals surface area contributed by atoms with E-state index in [0.29, 0.717) is 17.5 Å². The quantitative estimate of drug-likeness (QED) is 0.182. The lowest BCUT2D eigenvalue weighted by atomic mass is 10.0. The van der Waals surface area contributed by atoms with E-state index in [-0.39, 0.29) is 0 Å². The van der Waals surface area contributed by atoms with E-state index in [0.717, 1.165) is 77.3 Å². The molecule has 256 valence electrons. The average molecular weight is 705 g/mol. The van der Waals surface area contributed by atoms with Crippen molar-refractivity contribution in [2.75, 3.05) is 0 Å². The van der Waals surface area contributed by atoms with Crippen LogP contribution in [0.2, 0.25) is 0 Å². The Balaban J connectivity index is 1.09. The first-order valence-corrected chi connectivity index (χ1v) is 18.3. The molecule has 0 N–H and O–H groups in total. The van der Waals surface area contributed by atoms with Gasteiger partial charge in [-0.3, -0.25) is 0 Å². The number of hydrogen-bond acceptors (Lipinski definition) is 5. The van der Waals surface area contributed by atoms with Crippen molar-refractivity contribution < 1.29 is 8.83 Å². The summed E-state index contributed by atoms with van der Waals surface area (Å²) < 4.78 is 15.2. The van der Waals surface area contributed by atoms with Crippen LogP contribution in [0.4, 0.5) is 0 Å². The Morgan fingerprint density at radius 1 is 0.364 bits per heavy atom. The van der Waals surface area contributed by atoms with Crippen molar-refractivity contribution in [2.45, 2.75) is 0 Å². The fourth-order valence-corrected chi connectivity index (χ4v) is 8.28. The normalized spacial score (nSPS) is 12.0. The monoisotopic (exact) mass is 704 g/mol. The topological polar surface area (TPSA) is 69.9 Å². The van der Waals surface area contributed by atoms with Gasteiger partial charge >= 0.3 is 0 Å². The molecule has 0 aliphatic heterocycles. The summed E-state index contributed by atoms with van der Waals surface area (Å²) in [5, 5.41) is 8.94. The summed E-state index contributed by atoms with van der Waals surface area (Å²) in [5.41, 5.74) is 9.17. The van der Waals surface area contributed by atoms with Crippen LogP contribution in [0.5, 0.6) is 0 Å². The molecule has 4 heterocycles. The van der Waals surface area contributed by atoms with Crippen LogP contribution in [0.1, 0.15) is 0 Å². The van der Waals surface area contributed by atoms with Crippen LogP contribution in [0.15, 0.2) is 179 Å². The highest BCUT2D eigenvalue weighted by Crippen LogP contribution is 2.40. The first kappa shape index (κ1) is 29.9. The fourth-order valence-electron chi connectivity index (χ4n) is 8.28. The molecule has 0 bridgehead atoms. The molecule has 6 heteroatoms. The molecule has 0 radical (unpaired) electrons. The Kier molecular flexibility index (Phi) is 6.24. The Morgan fingerprint density at radius 3 is 1.93 bits per heavy atom. The van der Waals surface area contributed by atoms with E-state index in [9.17, 15) is 0 Å². The zero-order valence-corrected chi connectivity index (χ0v) is 29.3. The number of nitrogens with zero attached hydrogens (tertiary/aromatic N) is 4. The van der Waals surface area contributed by atoms with Gasteiger partial charge < -0.3 is 13.4 Å². The number of furan rings is 2. The van der Waals surface area contributed by atoms with E-state index in [2.05, 4.69) is 108 Å². The molecular weight excluding hydrogens is 677 g/mol. The third kappa shape index (κ3) is 4.58. The molecule has 0 aliphatic rings. The summed E-state index contributed by atoms with van der Waals surface area (Å²) >= 11 is 0. The van der Waals surface area contributed by atoms with Gasteiger partial charge in [0.25, 0.3) is 0 Å². The zero-order valence-electron chi connectivity index (χ0n) is 29.3. The second-order valence-corrected chi connectivity index (χ2v) is 14.0. The summed E-state index contributed by atoms with van der Waals surface area (Å²) in [6.07, 6.45) is 0. The number of para-hydroxylation sites is 2. The number of benzene rings is 8. The highest BCUT2D eigenvalue weighted by molar-refractivity contribution is 6.15. The van der Waals surface area contributed by atoms with E-state index in [1.165, 1.54) is 21.5 Å². The van der Waals surface area contributed by atoms with E-state index >= 15 is 0 Å². The zero-order chi connectivity index (χ0) is 36.0. The van der Waals surface area contributed by atoms with Crippen LogP contribution >= 0.6 is 0 Å². The van der Waals surface area contributed by atoms with Gasteiger partial charge in [0.05, 0.1) is 11.0 Å². The molecule has 4 aromatic heterocycles. The molecule has 0 fully saturated rings. The van der Waals surface area contributed by atoms with Crippen LogP contribution in [-0.2, 0) is 0 Å². The maximum Gasteiger partial charge on any atom is 0.164 e. The van der Waals surface area contributed by atoms with Crippen molar-refractivity contribution in [1.29, 1.82) is 0 Å². The lowest BCUT2D eigenvalue weighted by Gasteiger charge is -2.10. The standard InChI is InChI=1S/C49H28N4O2/c1-2-11-29(12-3-1)47-50-48(32-21-23-36-35-16-7-9-19-42(35)55-45(36)27-32)52-49(51-47)37-17-10-20-44-46(37)39-28-33(22-24-43(39)54-44)53-40-18-8-6-15-34(40)38-25-30-13-4-5-14-31(30)26-41(38)53/h1-28H. The summed E-state index contributed by atoms with van der Waals surface area (Å²) in [5.74, 6) is 1.72. The average Bonchev–Trinajstić information content (AvgIpc) is 3.91. The molecule has 12 rings (SSSR count). The smallest absolute Gasteiger partial charge is 0.164 e. The highest BCUT2D eigenvalue weighted by Gasteiger charge is 2.20. The van der Waals surface area contributed by atoms with E-state index < -0.39 is 0 Å². The molecule has 0 atom stereocenters. The molecule has 0 aliphatic carbocycles. The summed E-state index contributed by atoms with van der Waals surface area (Å²) in [6.45, 7) is 0. The summed E-state index contributed by atoms with van der Waals surface area (Å²) in [6, 6.07) is 58.7. The van der Waals surface area contributed by atoms with Gasteiger partial charge in [-0.2, -0.15) is 0 Å². The van der Waals surface area contributed by atoms with Crippen molar-refractivity contribution in [2.24, 2.45) is 0 Å². The third-order valence-corrected chi connectivity index (χ3v) is 10.8. The number of hydrogen-bond donors (Lipinski definition) is 0. The molecule has 8 aromatic carbocycles. The molecule has 0 saturated carbocycles. The first-order valence-electron chi connectivity index (χ1n) is 18.3. The van der Waals surface area contributed by atoms with Crippen LogP contribution in [-0.4, -0.2) is 19.5 Å². The van der Waals surface area contributed by atoms with Gasteiger partial charge in [-0.15, -0.1) is 0 Å². The minimum absolute atomic E-state index is 0.564. The van der Waals surface area contributed by atoms with Crippen molar-refractivity contribution >= 4 is 76.5 Å². The Labute approximate surface area is 313 Å². The molecule has 55 heavy (non-hydrogen) atoms. The first-order chi connectivity index (χ1) is 27.2. The van der Waals surface area contributed by atoms with Gasteiger partial charge in [-0.25, -0.2) is 15.0 Å². The number of rotatable bonds is 4. The van der Waals surface area contributed by atoms with Gasteiger partial charge in [0.15, 0.2) is 17.5 Å². The largest absolute Gasteiger partial charge is 0.456 e. The minimum Gasteiger partial charge on any atom is -0.456 e. The molecule has 0 amide bonds. The van der Waals surface area contributed by atoms with Gasteiger partial charge in [0.1, 0.15) is 22.3 Å². The van der Waals surface area contributed by atoms with Gasteiger partial charge in [-0.05, 0) is 71.4 Å². The Bertz CT molecular complexity index is 3500. The Morgan fingerprint density at radius 2 is 1.04 bits per heavy atom. The van der Waals surface area contributed by atoms with E-state index in [1.807, 2.05) is 66.7 Å². The van der Waals surface area contributed by atoms with Crippen molar-refractivity contribution in [3.63, 3.8) is 0 Å². The van der Waals surface area contributed by atoms with Crippen molar-refractivity contribution in [1.82, 2.24) is 19.5 Å². The SMILES string of the molecule is c1ccc(-c2nc(-c3ccc4c(c3)oc3ccccc34)nc(-c3cccc4oc5ccc(-n6c7ccccc7c7cc8ccccc8cc76)cc5c34)n2)cc1. The highest BCUT2D eigenvalue weighted by atomic mass is 16.3. The van der Waals surface area contributed by atoms with Crippen LogP contribution in [0.3, 0.4) is 0 Å². The Hall–Kier alpha value is -7.57. The second-order valence-electron chi connectivity index (χ2n) is 14.0. The van der Waals surface area contributed by atoms with Crippen LogP contribution < -0.4 is 0 Å². The fraction of sp³-hybridized carbons (Fsp3) is 0. The molecule has 6 nitrogen and oxygen atoms in total. The lowest BCUT2D eigenvalue weighted by molar-refractivity contribution is 0.668. The lowest BCUT2D eigenvalue weighted by Crippen LogP contribution is -2.00. The second kappa shape index (κ2) is 11.5. The van der Waals surface area contributed by atoms with E-state index in [4.69, 9.17) is 23.8 Å². The predicted molar refractivity (Wildman–Crippen MR) is 223 cm³/mol. The van der Waals surface area contributed by atoms with Crippen molar-refractivity contribution in [3.05, 3.63) is 170 Å². The van der Waals surface area contributed by atoms with E-state index in [1.54, 1.807) is 0 Å². The predicted octanol–water partition coefficient (Wildman–Crippen LogP) is 12.9. The number of aromatic nitrogens is 4. The molecular formula is C49H28N4O2. The molecule has 0 saturated heterocycles. The summed E-state index contributed by atoms with van der Waals surface area (Å²) in [7, 11) is 0. The molecule has 0 spiro atoms. The maximum absolute atomic E-state index is 6.53. The molecule has 0 unspecified atom stereocenters. The van der Waals surface area contributed by atoms with Gasteiger partial charge in [0, 0.05) is 54.7 Å². The molecule has 12 aromatic rings. The number of fused-ring (bicyclic) bond motifs is 10. The summed E-state index contributed by atoms with van der Waals surface area (Å²) in [4.78, 5) is 15.3. The third-order valence-electron chi connectivity index (χ3n) is 10.8. The van der Waals surface area contributed by atoms with Crippen molar-refractivity contribution in [3.8, 4) is 39.9 Å². The minimum atomic E-state index is 0.564. The van der Waals surface area contributed by atoms with Gasteiger partial charge in [0.2, 0.25) is 0 Å². The van der Waals surface area contributed by atoms with Gasteiger partial charge in [-0.1, -0.05) is 109 Å². The van der Waals surface area contributed by atoms with Crippen LogP contribution in [0.25, 0.3) is 116 Å². The maximum atomic E-state index is 6.53. The van der Waals surface area contributed by atoms with Crippen LogP contribution in [0, 0.1) is 0 Å².